The molecule has 0 aliphatic carbocycles. The largest absolute Gasteiger partial charge is 0.477 e. The van der Waals surface area contributed by atoms with Crippen molar-refractivity contribution < 1.29 is 9.53 Å². The number of ether oxygens (including phenoxy) is 1. The van der Waals surface area contributed by atoms with Crippen molar-refractivity contribution in [1.29, 1.82) is 0 Å². The molecule has 1 aromatic heterocycles. The lowest BCUT2D eigenvalue weighted by atomic mass is 9.99. The van der Waals surface area contributed by atoms with E-state index in [1.807, 2.05) is 59.5 Å². The van der Waals surface area contributed by atoms with Crippen molar-refractivity contribution in [3.05, 3.63) is 84.1 Å². The average molecular weight is 358 g/mol. The lowest BCUT2D eigenvalue weighted by molar-refractivity contribution is 0.0665. The van der Waals surface area contributed by atoms with E-state index in [4.69, 9.17) is 4.74 Å². The number of carbonyl (C=O) groups is 1. The van der Waals surface area contributed by atoms with Gasteiger partial charge in [-0.3, -0.25) is 4.79 Å². The van der Waals surface area contributed by atoms with Gasteiger partial charge in [-0.2, -0.15) is 0 Å². The van der Waals surface area contributed by atoms with Crippen LogP contribution in [0.25, 0.3) is 11.1 Å². The Hall–Kier alpha value is -3.14. The molecule has 1 atom stereocenters. The molecule has 0 N–H and O–H groups in total. The average Bonchev–Trinajstić information content (AvgIpc) is 2.71. The molecule has 136 valence electrons. The molecule has 0 fully saturated rings. The summed E-state index contributed by atoms with van der Waals surface area (Å²) in [6.07, 6.45) is 1.71. The van der Waals surface area contributed by atoms with E-state index < -0.39 is 0 Å². The van der Waals surface area contributed by atoms with E-state index in [9.17, 15) is 4.79 Å². The lowest BCUT2D eigenvalue weighted by Crippen LogP contribution is -2.38. The normalized spacial score (nSPS) is 16.9. The predicted molar refractivity (Wildman–Crippen MR) is 106 cm³/mol. The highest BCUT2D eigenvalue weighted by molar-refractivity contribution is 6.03. The molecule has 0 spiro atoms. The minimum atomic E-state index is -0.0349. The van der Waals surface area contributed by atoms with E-state index in [1.54, 1.807) is 6.20 Å². The second-order valence-corrected chi connectivity index (χ2v) is 6.99. The summed E-state index contributed by atoms with van der Waals surface area (Å²) in [5.41, 5.74) is 3.51. The summed E-state index contributed by atoms with van der Waals surface area (Å²) >= 11 is 0. The van der Waals surface area contributed by atoms with Gasteiger partial charge >= 0.3 is 0 Å². The van der Waals surface area contributed by atoms with E-state index in [-0.39, 0.29) is 11.8 Å². The van der Waals surface area contributed by atoms with Gasteiger partial charge in [-0.1, -0.05) is 67.6 Å². The molecule has 0 radical (unpaired) electrons. The number of hydrogen-bond donors (Lipinski definition) is 0. The maximum Gasteiger partial charge on any atom is 0.260 e. The Morgan fingerprint density at radius 3 is 2.48 bits per heavy atom. The zero-order valence-corrected chi connectivity index (χ0v) is 15.3. The highest BCUT2D eigenvalue weighted by Gasteiger charge is 2.28. The highest BCUT2D eigenvalue weighted by Crippen LogP contribution is 2.32. The van der Waals surface area contributed by atoms with E-state index in [2.05, 4.69) is 24.0 Å². The van der Waals surface area contributed by atoms with E-state index in [1.165, 1.54) is 0 Å². The molecule has 0 saturated carbocycles. The van der Waals surface area contributed by atoms with Crippen LogP contribution in [0.5, 0.6) is 5.88 Å². The van der Waals surface area contributed by atoms with Gasteiger partial charge in [-0.15, -0.1) is 0 Å². The van der Waals surface area contributed by atoms with Crippen molar-refractivity contribution >= 4 is 5.91 Å². The lowest BCUT2D eigenvalue weighted by Gasteiger charge is -2.30. The monoisotopic (exact) mass is 358 g/mol. The molecule has 27 heavy (non-hydrogen) atoms. The molecule has 0 unspecified atom stereocenters. The third kappa shape index (κ3) is 3.70. The second kappa shape index (κ2) is 7.62. The van der Waals surface area contributed by atoms with E-state index >= 15 is 0 Å². The molecular formula is C23H22N2O2. The summed E-state index contributed by atoms with van der Waals surface area (Å²) < 4.78 is 5.91. The van der Waals surface area contributed by atoms with Gasteiger partial charge in [0.1, 0.15) is 5.56 Å². The van der Waals surface area contributed by atoms with Crippen LogP contribution in [0.1, 0.15) is 22.8 Å². The number of amides is 1. The SMILES string of the molecule is C[C@H]1COc2nccc(-c3ccccc3)c2C(=O)N(Cc2ccccc2)C1. The van der Waals surface area contributed by atoms with Crippen LogP contribution < -0.4 is 4.74 Å². The van der Waals surface area contributed by atoms with E-state index in [0.29, 0.717) is 31.1 Å². The summed E-state index contributed by atoms with van der Waals surface area (Å²) in [5, 5.41) is 0. The van der Waals surface area contributed by atoms with Crippen LogP contribution in [0.15, 0.2) is 72.9 Å². The molecule has 1 amide bonds. The van der Waals surface area contributed by atoms with Crippen molar-refractivity contribution in [1.82, 2.24) is 9.88 Å². The van der Waals surface area contributed by atoms with Gasteiger partial charge in [0.15, 0.2) is 0 Å². The summed E-state index contributed by atoms with van der Waals surface area (Å²) in [6.45, 7) is 3.86. The molecule has 1 aliphatic heterocycles. The number of carbonyl (C=O) groups excluding carboxylic acids is 1. The first-order valence-corrected chi connectivity index (χ1v) is 9.23. The van der Waals surface area contributed by atoms with Crippen LogP contribution >= 0.6 is 0 Å². The Morgan fingerprint density at radius 2 is 1.74 bits per heavy atom. The molecular weight excluding hydrogens is 336 g/mol. The number of hydrogen-bond acceptors (Lipinski definition) is 3. The number of rotatable bonds is 3. The summed E-state index contributed by atoms with van der Waals surface area (Å²) in [4.78, 5) is 19.8. The first-order chi connectivity index (χ1) is 13.2. The quantitative estimate of drug-likeness (QED) is 0.696. The topological polar surface area (TPSA) is 42.4 Å². The van der Waals surface area contributed by atoms with Crippen molar-refractivity contribution in [2.24, 2.45) is 5.92 Å². The van der Waals surface area contributed by atoms with Gasteiger partial charge in [0, 0.05) is 30.8 Å². The summed E-state index contributed by atoms with van der Waals surface area (Å²) in [6, 6.07) is 21.9. The number of benzene rings is 2. The molecule has 0 bridgehead atoms. The predicted octanol–water partition coefficient (Wildman–Crippen LogP) is 4.42. The van der Waals surface area contributed by atoms with Crippen LogP contribution in [0.3, 0.4) is 0 Å². The Labute approximate surface area is 159 Å². The molecule has 4 nitrogen and oxygen atoms in total. The maximum atomic E-state index is 13.5. The summed E-state index contributed by atoms with van der Waals surface area (Å²) in [7, 11) is 0. The smallest absolute Gasteiger partial charge is 0.260 e. The minimum Gasteiger partial charge on any atom is -0.477 e. The van der Waals surface area contributed by atoms with Gasteiger partial charge in [0.25, 0.3) is 5.91 Å². The standard InChI is InChI=1S/C23H22N2O2/c1-17-14-25(15-18-8-4-2-5-9-18)23(26)21-20(19-10-6-3-7-11-19)12-13-24-22(21)27-16-17/h2-13,17H,14-16H2,1H3/t17-/m1/s1. The number of aromatic nitrogens is 1. The third-order valence-corrected chi connectivity index (χ3v) is 4.75. The van der Waals surface area contributed by atoms with Gasteiger partial charge in [0.05, 0.1) is 6.61 Å². The highest BCUT2D eigenvalue weighted by atomic mass is 16.5. The van der Waals surface area contributed by atoms with Gasteiger partial charge in [-0.05, 0) is 17.2 Å². The van der Waals surface area contributed by atoms with Crippen LogP contribution in [0, 0.1) is 5.92 Å². The Morgan fingerprint density at radius 1 is 1.04 bits per heavy atom. The van der Waals surface area contributed by atoms with Crippen LogP contribution in [0.2, 0.25) is 0 Å². The minimum absolute atomic E-state index is 0.0349. The van der Waals surface area contributed by atoms with Crippen molar-refractivity contribution in [3.8, 4) is 17.0 Å². The maximum absolute atomic E-state index is 13.5. The fourth-order valence-electron chi connectivity index (χ4n) is 3.45. The van der Waals surface area contributed by atoms with E-state index in [0.717, 1.165) is 16.7 Å². The van der Waals surface area contributed by atoms with Crippen molar-refractivity contribution in [2.75, 3.05) is 13.2 Å². The Kier molecular flexibility index (Phi) is 4.88. The Balaban J connectivity index is 1.78. The number of nitrogens with zero attached hydrogens (tertiary/aromatic N) is 2. The molecule has 1 aliphatic rings. The number of pyridine rings is 1. The zero-order chi connectivity index (χ0) is 18.6. The molecule has 2 heterocycles. The van der Waals surface area contributed by atoms with Crippen LogP contribution in [-0.2, 0) is 6.54 Å². The van der Waals surface area contributed by atoms with Gasteiger partial charge in [-0.25, -0.2) is 4.98 Å². The Bertz CT molecular complexity index is 926. The van der Waals surface area contributed by atoms with Gasteiger partial charge < -0.3 is 9.64 Å². The molecule has 4 rings (SSSR count). The zero-order valence-electron chi connectivity index (χ0n) is 15.3. The van der Waals surface area contributed by atoms with Crippen molar-refractivity contribution in [2.45, 2.75) is 13.5 Å². The number of fused-ring (bicyclic) bond motifs is 1. The molecule has 3 aromatic rings. The first-order valence-electron chi connectivity index (χ1n) is 9.23. The molecule has 0 saturated heterocycles. The molecule has 4 heteroatoms. The third-order valence-electron chi connectivity index (χ3n) is 4.75. The first kappa shape index (κ1) is 17.3. The van der Waals surface area contributed by atoms with Crippen molar-refractivity contribution in [3.63, 3.8) is 0 Å². The van der Waals surface area contributed by atoms with Crippen LogP contribution in [0.4, 0.5) is 0 Å². The molecule has 2 aromatic carbocycles. The fraction of sp³-hybridized carbons (Fsp3) is 0.217. The summed E-state index contributed by atoms with van der Waals surface area (Å²) in [5.74, 6) is 0.617. The fourth-order valence-corrected chi connectivity index (χ4v) is 3.45. The van der Waals surface area contributed by atoms with Gasteiger partial charge in [0.2, 0.25) is 5.88 Å². The van der Waals surface area contributed by atoms with Crippen LogP contribution in [-0.4, -0.2) is 28.9 Å². The second-order valence-electron chi connectivity index (χ2n) is 6.99.